The van der Waals surface area contributed by atoms with Gasteiger partial charge in [-0.2, -0.15) is 0 Å². The minimum atomic E-state index is -0.463. The maximum atomic E-state index is 13.3. The zero-order valence-electron chi connectivity index (χ0n) is 20.2. The molecule has 0 bridgehead atoms. The molecule has 0 spiro atoms. The van der Waals surface area contributed by atoms with Gasteiger partial charge < -0.3 is 24.4 Å². The average Bonchev–Trinajstić information content (AvgIpc) is 3.23. The molecule has 0 aliphatic carbocycles. The Kier molecular flexibility index (Phi) is 7.55. The van der Waals surface area contributed by atoms with Crippen LogP contribution in [0.2, 0.25) is 0 Å². The normalized spacial score (nSPS) is 13.2. The molecule has 0 saturated heterocycles. The molecule has 1 heterocycles. The van der Waals surface area contributed by atoms with Crippen LogP contribution in [0.1, 0.15) is 46.4 Å². The zero-order chi connectivity index (χ0) is 24.8. The summed E-state index contributed by atoms with van der Waals surface area (Å²) in [4.78, 5) is 28.1. The third-order valence-corrected chi connectivity index (χ3v) is 6.13. The second-order valence-electron chi connectivity index (χ2n) is 8.28. The molecule has 3 aromatic carbocycles. The van der Waals surface area contributed by atoms with Gasteiger partial charge >= 0.3 is 0 Å². The molecule has 0 saturated carbocycles. The van der Waals surface area contributed by atoms with Crippen LogP contribution in [0.15, 0.2) is 66.7 Å². The fraction of sp³-hybridized carbons (Fsp3) is 0.286. The Labute approximate surface area is 205 Å². The first kappa shape index (κ1) is 24.1. The number of rotatable bonds is 10. The van der Waals surface area contributed by atoms with Crippen molar-refractivity contribution in [2.24, 2.45) is 0 Å². The molecule has 3 aromatic rings. The van der Waals surface area contributed by atoms with Crippen LogP contribution in [0.25, 0.3) is 0 Å². The number of nitrogens with zero attached hydrogens (tertiary/aromatic N) is 1. The largest absolute Gasteiger partial charge is 0.497 e. The number of hydrogen-bond acceptors (Lipinski definition) is 5. The van der Waals surface area contributed by atoms with E-state index in [2.05, 4.69) is 5.32 Å². The van der Waals surface area contributed by atoms with Crippen molar-refractivity contribution in [1.29, 1.82) is 0 Å². The molecule has 7 heteroatoms. The Morgan fingerprint density at radius 2 is 1.77 bits per heavy atom. The Morgan fingerprint density at radius 3 is 2.46 bits per heavy atom. The molecule has 35 heavy (non-hydrogen) atoms. The lowest BCUT2D eigenvalue weighted by molar-refractivity contribution is -0.122. The van der Waals surface area contributed by atoms with E-state index in [1.807, 2.05) is 73.7 Å². The lowest BCUT2D eigenvalue weighted by Gasteiger charge is -2.28. The number of hydrogen-bond donors (Lipinski definition) is 1. The number of benzene rings is 3. The molecular weight excluding hydrogens is 444 g/mol. The lowest BCUT2D eigenvalue weighted by Crippen LogP contribution is -2.34. The van der Waals surface area contributed by atoms with E-state index in [4.69, 9.17) is 14.2 Å². The Balaban J connectivity index is 1.57. The van der Waals surface area contributed by atoms with Crippen molar-refractivity contribution in [2.75, 3.05) is 20.8 Å². The summed E-state index contributed by atoms with van der Waals surface area (Å²) in [6.07, 6.45) is 0.118. The summed E-state index contributed by atoms with van der Waals surface area (Å²) >= 11 is 0. The van der Waals surface area contributed by atoms with E-state index in [1.54, 1.807) is 19.1 Å². The number of amides is 2. The van der Waals surface area contributed by atoms with Gasteiger partial charge in [0.2, 0.25) is 5.91 Å². The summed E-state index contributed by atoms with van der Waals surface area (Å²) < 4.78 is 16.4. The van der Waals surface area contributed by atoms with Crippen molar-refractivity contribution in [1.82, 2.24) is 10.2 Å². The first-order chi connectivity index (χ1) is 17.0. The average molecular weight is 475 g/mol. The number of nitrogens with one attached hydrogen (secondary N) is 1. The highest BCUT2D eigenvalue weighted by atomic mass is 16.5. The minimum absolute atomic E-state index is 0.0820. The van der Waals surface area contributed by atoms with E-state index in [1.165, 1.54) is 0 Å². The second-order valence-corrected chi connectivity index (χ2v) is 8.28. The number of carbonyl (C=O) groups is 2. The van der Waals surface area contributed by atoms with Gasteiger partial charge in [0, 0.05) is 18.7 Å². The van der Waals surface area contributed by atoms with Gasteiger partial charge in [-0.25, -0.2) is 0 Å². The summed E-state index contributed by atoms with van der Waals surface area (Å²) in [5, 5.41) is 2.98. The van der Waals surface area contributed by atoms with Gasteiger partial charge in [0.1, 0.15) is 5.75 Å². The first-order valence-corrected chi connectivity index (χ1v) is 11.6. The summed E-state index contributed by atoms with van der Waals surface area (Å²) in [5.74, 6) is 1.72. The highest BCUT2D eigenvalue weighted by Gasteiger charge is 2.34. The maximum absolute atomic E-state index is 13.3. The number of methoxy groups -OCH3 is 2. The van der Waals surface area contributed by atoms with Crippen molar-refractivity contribution in [3.8, 4) is 17.2 Å². The molecule has 1 atom stereocenters. The van der Waals surface area contributed by atoms with Crippen LogP contribution in [-0.2, 0) is 17.9 Å². The molecule has 1 aliphatic rings. The molecule has 0 aromatic heterocycles. The molecule has 182 valence electrons. The molecule has 1 N–H and O–H groups in total. The van der Waals surface area contributed by atoms with E-state index < -0.39 is 6.04 Å². The van der Waals surface area contributed by atoms with Crippen LogP contribution in [0.4, 0.5) is 0 Å². The monoisotopic (exact) mass is 474 g/mol. The summed E-state index contributed by atoms with van der Waals surface area (Å²) in [5.41, 5.74) is 3.40. The van der Waals surface area contributed by atoms with Crippen molar-refractivity contribution >= 4 is 11.8 Å². The van der Waals surface area contributed by atoms with Crippen molar-refractivity contribution in [3.05, 3.63) is 89.0 Å². The van der Waals surface area contributed by atoms with Gasteiger partial charge in [0.15, 0.2) is 11.5 Å². The molecular formula is C28H30N2O5. The standard InChI is InChI=1S/C28H30N2O5/c1-4-35-25-14-11-20(15-26(25)34-3)24(30-18-21-7-5-6-8-23(21)28(30)32)16-27(31)29-17-19-9-12-22(33-2)13-10-19/h5-15,24H,4,16-18H2,1-3H3,(H,29,31)/t24-/m0/s1. The maximum Gasteiger partial charge on any atom is 0.255 e. The van der Waals surface area contributed by atoms with Crippen LogP contribution in [0, 0.1) is 0 Å². The van der Waals surface area contributed by atoms with Crippen molar-refractivity contribution in [2.45, 2.75) is 32.5 Å². The second kappa shape index (κ2) is 11.0. The van der Waals surface area contributed by atoms with E-state index in [9.17, 15) is 9.59 Å². The first-order valence-electron chi connectivity index (χ1n) is 11.6. The van der Waals surface area contributed by atoms with Crippen LogP contribution in [0.5, 0.6) is 17.2 Å². The number of carbonyl (C=O) groups excluding carboxylic acids is 2. The highest BCUT2D eigenvalue weighted by molar-refractivity contribution is 5.98. The van der Waals surface area contributed by atoms with Crippen molar-refractivity contribution < 1.29 is 23.8 Å². The SMILES string of the molecule is CCOc1ccc([C@H](CC(=O)NCc2ccc(OC)cc2)N2Cc3ccccc3C2=O)cc1OC. The fourth-order valence-corrected chi connectivity index (χ4v) is 4.29. The van der Waals surface area contributed by atoms with Gasteiger partial charge in [-0.1, -0.05) is 36.4 Å². The van der Waals surface area contributed by atoms with Gasteiger partial charge in [0.05, 0.1) is 33.3 Å². The fourth-order valence-electron chi connectivity index (χ4n) is 4.29. The smallest absolute Gasteiger partial charge is 0.255 e. The third kappa shape index (κ3) is 5.40. The van der Waals surface area contributed by atoms with E-state index in [0.29, 0.717) is 36.8 Å². The third-order valence-electron chi connectivity index (χ3n) is 6.13. The molecule has 0 radical (unpaired) electrons. The van der Waals surface area contributed by atoms with E-state index in [0.717, 1.165) is 22.4 Å². The van der Waals surface area contributed by atoms with Gasteiger partial charge in [-0.3, -0.25) is 9.59 Å². The van der Waals surface area contributed by atoms with Crippen LogP contribution in [-0.4, -0.2) is 37.5 Å². The summed E-state index contributed by atoms with van der Waals surface area (Å²) in [6.45, 7) is 3.24. The highest BCUT2D eigenvalue weighted by Crippen LogP contribution is 2.37. The molecule has 2 amide bonds. The van der Waals surface area contributed by atoms with Gasteiger partial charge in [-0.15, -0.1) is 0 Å². The van der Waals surface area contributed by atoms with Crippen LogP contribution < -0.4 is 19.5 Å². The van der Waals surface area contributed by atoms with Gasteiger partial charge in [-0.05, 0) is 53.9 Å². The number of fused-ring (bicyclic) bond motifs is 1. The van der Waals surface area contributed by atoms with Crippen molar-refractivity contribution in [3.63, 3.8) is 0 Å². The zero-order valence-corrected chi connectivity index (χ0v) is 20.2. The number of ether oxygens (including phenoxy) is 3. The molecule has 0 fully saturated rings. The Morgan fingerprint density at radius 1 is 1.00 bits per heavy atom. The van der Waals surface area contributed by atoms with Crippen LogP contribution in [0.3, 0.4) is 0 Å². The summed E-state index contributed by atoms with van der Waals surface area (Å²) in [7, 11) is 3.19. The summed E-state index contributed by atoms with van der Waals surface area (Å²) in [6, 6.07) is 20.2. The minimum Gasteiger partial charge on any atom is -0.497 e. The van der Waals surface area contributed by atoms with E-state index in [-0.39, 0.29) is 18.2 Å². The quantitative estimate of drug-likeness (QED) is 0.468. The molecule has 1 aliphatic heterocycles. The predicted molar refractivity (Wildman–Crippen MR) is 133 cm³/mol. The van der Waals surface area contributed by atoms with Crippen LogP contribution >= 0.6 is 0 Å². The molecule has 4 rings (SSSR count). The molecule has 0 unspecified atom stereocenters. The Hall–Kier alpha value is -4.00. The Bertz CT molecular complexity index is 1190. The van der Waals surface area contributed by atoms with Gasteiger partial charge in [0.25, 0.3) is 5.91 Å². The van der Waals surface area contributed by atoms with E-state index >= 15 is 0 Å². The lowest BCUT2D eigenvalue weighted by atomic mass is 10.0. The predicted octanol–water partition coefficient (Wildman–Crippen LogP) is 4.51. The topological polar surface area (TPSA) is 77.1 Å². The molecule has 7 nitrogen and oxygen atoms in total.